The van der Waals surface area contributed by atoms with Crippen LogP contribution in [0.3, 0.4) is 0 Å². The molecule has 2 fully saturated rings. The van der Waals surface area contributed by atoms with Crippen LogP contribution in [0, 0.1) is 0 Å². The van der Waals surface area contributed by atoms with Crippen molar-refractivity contribution in [2.75, 3.05) is 19.8 Å². The molecule has 0 spiro atoms. The minimum Gasteiger partial charge on any atom is -0.483 e. The van der Waals surface area contributed by atoms with Gasteiger partial charge in [-0.25, -0.2) is 4.79 Å². The number of ether oxygens (including phenoxy) is 3. The van der Waals surface area contributed by atoms with Crippen molar-refractivity contribution in [1.29, 1.82) is 0 Å². The molecule has 3 heterocycles. The van der Waals surface area contributed by atoms with Crippen LogP contribution in [0.1, 0.15) is 64.4 Å². The number of benzene rings is 1. The van der Waals surface area contributed by atoms with E-state index in [2.05, 4.69) is 11.4 Å². The Morgan fingerprint density at radius 3 is 2.61 bits per heavy atom. The van der Waals surface area contributed by atoms with Crippen LogP contribution in [0.15, 0.2) is 24.3 Å². The van der Waals surface area contributed by atoms with Gasteiger partial charge in [0.05, 0.1) is 24.8 Å². The van der Waals surface area contributed by atoms with Gasteiger partial charge in [-0.15, -0.1) is 0 Å². The SMILES string of the molecule is CC(C)(C)OC(=O)N[C@H]1CCN2C(=O)COc3ccccc3C3CCC(CC3)OC[C@@H]12. The summed E-state index contributed by atoms with van der Waals surface area (Å²) in [7, 11) is 0. The number of nitrogens with zero attached hydrogens (tertiary/aromatic N) is 1. The number of amides is 2. The molecule has 7 nitrogen and oxygen atoms in total. The van der Waals surface area contributed by atoms with E-state index >= 15 is 0 Å². The van der Waals surface area contributed by atoms with Gasteiger partial charge in [0.1, 0.15) is 11.4 Å². The first-order valence-electron chi connectivity index (χ1n) is 11.4. The lowest BCUT2D eigenvalue weighted by Crippen LogP contribution is -2.51. The number of hydrogen-bond acceptors (Lipinski definition) is 5. The lowest BCUT2D eigenvalue weighted by Gasteiger charge is -2.32. The second-order valence-electron chi connectivity index (χ2n) is 9.83. The predicted molar refractivity (Wildman–Crippen MR) is 116 cm³/mol. The maximum absolute atomic E-state index is 13.0. The summed E-state index contributed by atoms with van der Waals surface area (Å²) < 4.78 is 17.7. The van der Waals surface area contributed by atoms with Crippen LogP contribution in [-0.2, 0) is 14.3 Å². The lowest BCUT2D eigenvalue weighted by atomic mass is 9.82. The topological polar surface area (TPSA) is 77.1 Å². The maximum Gasteiger partial charge on any atom is 0.407 e. The molecule has 0 aromatic heterocycles. The molecule has 0 radical (unpaired) electrons. The van der Waals surface area contributed by atoms with Gasteiger partial charge >= 0.3 is 6.09 Å². The maximum atomic E-state index is 13.0. The minimum absolute atomic E-state index is 0.0111. The zero-order valence-corrected chi connectivity index (χ0v) is 18.8. The molecule has 1 aromatic rings. The second-order valence-corrected chi connectivity index (χ2v) is 9.83. The van der Waals surface area contributed by atoms with Crippen molar-refractivity contribution in [3.05, 3.63) is 29.8 Å². The van der Waals surface area contributed by atoms with E-state index in [0.717, 1.165) is 31.4 Å². The molecule has 2 amide bonds. The van der Waals surface area contributed by atoms with E-state index in [1.54, 1.807) is 4.90 Å². The molecule has 0 unspecified atom stereocenters. The predicted octanol–water partition coefficient (Wildman–Crippen LogP) is 3.62. The molecule has 170 valence electrons. The average Bonchev–Trinajstić information content (AvgIpc) is 3.12. The molecule has 4 aliphatic rings. The number of alkyl carbamates (subject to hydrolysis) is 1. The highest BCUT2D eigenvalue weighted by atomic mass is 16.6. The molecule has 5 rings (SSSR count). The van der Waals surface area contributed by atoms with Gasteiger partial charge in [-0.3, -0.25) is 4.79 Å². The van der Waals surface area contributed by atoms with Crippen molar-refractivity contribution in [1.82, 2.24) is 10.2 Å². The first-order chi connectivity index (χ1) is 14.8. The number of carbonyl (C=O) groups excluding carboxylic acids is 2. The number of fused-ring (bicyclic) bond motifs is 5. The number of carbonyl (C=O) groups is 2. The van der Waals surface area contributed by atoms with Crippen molar-refractivity contribution in [3.63, 3.8) is 0 Å². The number of rotatable bonds is 1. The van der Waals surface area contributed by atoms with Gasteiger partial charge in [-0.2, -0.15) is 0 Å². The van der Waals surface area contributed by atoms with Gasteiger partial charge in [0, 0.05) is 6.54 Å². The van der Waals surface area contributed by atoms with Crippen LogP contribution >= 0.6 is 0 Å². The molecule has 2 atom stereocenters. The lowest BCUT2D eigenvalue weighted by molar-refractivity contribution is -0.136. The fraction of sp³-hybridized carbons (Fsp3) is 0.667. The van der Waals surface area contributed by atoms with Crippen LogP contribution in [0.4, 0.5) is 4.79 Å². The van der Waals surface area contributed by atoms with E-state index in [9.17, 15) is 9.59 Å². The highest BCUT2D eigenvalue weighted by molar-refractivity contribution is 5.79. The summed E-state index contributed by atoms with van der Waals surface area (Å²) in [6, 6.07) is 7.64. The first kappa shape index (κ1) is 21.9. The summed E-state index contributed by atoms with van der Waals surface area (Å²) >= 11 is 0. The Balaban J connectivity index is 1.51. The molecule has 1 saturated heterocycles. The Labute approximate surface area is 184 Å². The molecular formula is C24H34N2O5. The van der Waals surface area contributed by atoms with Crippen molar-refractivity contribution < 1.29 is 23.8 Å². The smallest absolute Gasteiger partial charge is 0.407 e. The number of hydrogen-bond donors (Lipinski definition) is 1. The molecule has 1 saturated carbocycles. The van der Waals surface area contributed by atoms with Crippen LogP contribution in [0.25, 0.3) is 0 Å². The van der Waals surface area contributed by atoms with Gasteiger partial charge in [0.2, 0.25) is 0 Å². The summed E-state index contributed by atoms with van der Waals surface area (Å²) in [5.74, 6) is 1.16. The van der Waals surface area contributed by atoms with Crippen LogP contribution in [0.2, 0.25) is 0 Å². The Morgan fingerprint density at radius 2 is 1.87 bits per heavy atom. The Bertz CT molecular complexity index is 797. The van der Waals surface area contributed by atoms with Gasteiger partial charge in [0.25, 0.3) is 5.91 Å². The van der Waals surface area contributed by atoms with Crippen molar-refractivity contribution in [2.24, 2.45) is 0 Å². The monoisotopic (exact) mass is 430 g/mol. The summed E-state index contributed by atoms with van der Waals surface area (Å²) in [5, 5.41) is 2.96. The second kappa shape index (κ2) is 9.07. The minimum atomic E-state index is -0.570. The quantitative estimate of drug-likeness (QED) is 0.736. The standard InChI is InChI=1S/C24H34N2O5/c1-24(2,3)31-23(28)25-19-12-13-26-20(19)14-29-17-10-8-16(9-11-17)18-6-4-5-7-21(18)30-15-22(26)27/h4-7,16-17,19-20H,8-15H2,1-3H3,(H,25,28)/t16?,17?,19-,20-/m0/s1. The van der Waals surface area contributed by atoms with Gasteiger partial charge < -0.3 is 24.4 Å². The molecule has 2 bridgehead atoms. The Morgan fingerprint density at radius 1 is 1.13 bits per heavy atom. The summed E-state index contributed by atoms with van der Waals surface area (Å²) in [6.07, 6.45) is 4.47. The third-order valence-corrected chi connectivity index (χ3v) is 6.46. The molecule has 3 aliphatic heterocycles. The fourth-order valence-corrected chi connectivity index (χ4v) is 4.94. The molecule has 31 heavy (non-hydrogen) atoms. The largest absolute Gasteiger partial charge is 0.483 e. The normalized spacial score (nSPS) is 29.0. The summed E-state index contributed by atoms with van der Waals surface area (Å²) in [6.45, 7) is 6.48. The zero-order chi connectivity index (χ0) is 22.0. The van der Waals surface area contributed by atoms with Crippen molar-refractivity contribution >= 4 is 12.0 Å². The highest BCUT2D eigenvalue weighted by Crippen LogP contribution is 2.39. The number of nitrogens with one attached hydrogen (secondary N) is 1. The third-order valence-electron chi connectivity index (χ3n) is 6.46. The van der Waals surface area contributed by atoms with Crippen LogP contribution < -0.4 is 10.1 Å². The Kier molecular flexibility index (Phi) is 6.42. The Hall–Kier alpha value is -2.28. The zero-order valence-electron chi connectivity index (χ0n) is 18.8. The van der Waals surface area contributed by atoms with E-state index in [-0.39, 0.29) is 30.7 Å². The number of para-hydroxylation sites is 1. The molecule has 1 aliphatic carbocycles. The van der Waals surface area contributed by atoms with Crippen LogP contribution in [-0.4, -0.2) is 60.4 Å². The van der Waals surface area contributed by atoms with Crippen molar-refractivity contribution in [2.45, 2.75) is 82.6 Å². The summed E-state index contributed by atoms with van der Waals surface area (Å²) in [5.41, 5.74) is 0.620. The van der Waals surface area contributed by atoms with Gasteiger partial charge in [-0.05, 0) is 70.4 Å². The first-order valence-corrected chi connectivity index (χ1v) is 11.4. The van der Waals surface area contributed by atoms with Crippen molar-refractivity contribution in [3.8, 4) is 5.75 Å². The van der Waals surface area contributed by atoms with E-state index in [4.69, 9.17) is 14.2 Å². The van der Waals surface area contributed by atoms with Crippen LogP contribution in [0.5, 0.6) is 5.75 Å². The fourth-order valence-electron chi connectivity index (χ4n) is 4.94. The van der Waals surface area contributed by atoms with E-state index < -0.39 is 11.7 Å². The molecular weight excluding hydrogens is 396 g/mol. The van der Waals surface area contributed by atoms with E-state index in [1.165, 1.54) is 5.56 Å². The average molecular weight is 431 g/mol. The van der Waals surface area contributed by atoms with Gasteiger partial charge in [0.15, 0.2) is 6.61 Å². The molecule has 7 heteroatoms. The summed E-state index contributed by atoms with van der Waals surface area (Å²) in [4.78, 5) is 27.2. The third kappa shape index (κ3) is 5.32. The van der Waals surface area contributed by atoms with E-state index in [1.807, 2.05) is 39.0 Å². The molecule has 1 N–H and O–H groups in total. The highest BCUT2D eigenvalue weighted by Gasteiger charge is 2.40. The molecule has 1 aromatic carbocycles. The van der Waals surface area contributed by atoms with Gasteiger partial charge in [-0.1, -0.05) is 18.2 Å². The van der Waals surface area contributed by atoms with E-state index in [0.29, 0.717) is 25.5 Å².